The van der Waals surface area contributed by atoms with Crippen LogP contribution in [0.4, 0.5) is 11.4 Å². The summed E-state index contributed by atoms with van der Waals surface area (Å²) in [6.45, 7) is 0.901. The zero-order valence-corrected chi connectivity index (χ0v) is 12.0. The molecule has 0 heterocycles. The van der Waals surface area contributed by atoms with Crippen LogP contribution in [0.1, 0.15) is 18.4 Å². The molecule has 1 fully saturated rings. The molecule has 1 aliphatic rings. The lowest BCUT2D eigenvalue weighted by Gasteiger charge is -2.08. The fourth-order valence-corrected chi connectivity index (χ4v) is 2.26. The molecule has 3 rings (SSSR count). The van der Waals surface area contributed by atoms with Crippen LogP contribution < -0.4 is 10.6 Å². The minimum absolute atomic E-state index is 0.153. The quantitative estimate of drug-likeness (QED) is 0.847. The SMILES string of the molecule is O=C(Nc1ccc(NCCc2ccccc2)cc1)C1CC1. The third kappa shape index (κ3) is 4.09. The van der Waals surface area contributed by atoms with Gasteiger partial charge in [0, 0.05) is 23.8 Å². The number of rotatable bonds is 6. The van der Waals surface area contributed by atoms with Crippen molar-refractivity contribution in [1.82, 2.24) is 0 Å². The molecule has 0 unspecified atom stereocenters. The van der Waals surface area contributed by atoms with E-state index in [-0.39, 0.29) is 11.8 Å². The highest BCUT2D eigenvalue weighted by atomic mass is 16.2. The first-order valence-electron chi connectivity index (χ1n) is 7.50. The number of benzene rings is 2. The lowest BCUT2D eigenvalue weighted by Crippen LogP contribution is -2.13. The van der Waals surface area contributed by atoms with E-state index in [0.717, 1.165) is 37.2 Å². The van der Waals surface area contributed by atoms with Crippen LogP contribution in [-0.4, -0.2) is 12.5 Å². The average Bonchev–Trinajstić information content (AvgIpc) is 3.35. The zero-order valence-electron chi connectivity index (χ0n) is 12.0. The Morgan fingerprint density at radius 2 is 1.62 bits per heavy atom. The molecule has 0 radical (unpaired) electrons. The molecule has 2 aromatic carbocycles. The molecule has 21 heavy (non-hydrogen) atoms. The van der Waals surface area contributed by atoms with E-state index in [1.165, 1.54) is 5.56 Å². The normalized spacial score (nSPS) is 13.7. The van der Waals surface area contributed by atoms with Gasteiger partial charge in [0.05, 0.1) is 0 Å². The van der Waals surface area contributed by atoms with Gasteiger partial charge >= 0.3 is 0 Å². The van der Waals surface area contributed by atoms with E-state index >= 15 is 0 Å². The van der Waals surface area contributed by atoms with Gasteiger partial charge in [-0.05, 0) is 49.1 Å². The molecule has 0 saturated heterocycles. The van der Waals surface area contributed by atoms with Gasteiger partial charge in [-0.3, -0.25) is 4.79 Å². The summed E-state index contributed by atoms with van der Waals surface area (Å²) < 4.78 is 0. The second-order valence-electron chi connectivity index (χ2n) is 5.50. The predicted molar refractivity (Wildman–Crippen MR) is 86.4 cm³/mol. The molecule has 0 aliphatic heterocycles. The molecule has 108 valence electrons. The van der Waals surface area contributed by atoms with Gasteiger partial charge < -0.3 is 10.6 Å². The van der Waals surface area contributed by atoms with Gasteiger partial charge in [0.15, 0.2) is 0 Å². The van der Waals surface area contributed by atoms with Crippen LogP contribution in [0.2, 0.25) is 0 Å². The fraction of sp³-hybridized carbons (Fsp3) is 0.278. The molecule has 2 N–H and O–H groups in total. The van der Waals surface area contributed by atoms with Crippen LogP contribution in [0.25, 0.3) is 0 Å². The van der Waals surface area contributed by atoms with Gasteiger partial charge in [-0.2, -0.15) is 0 Å². The minimum Gasteiger partial charge on any atom is -0.385 e. The highest BCUT2D eigenvalue weighted by molar-refractivity contribution is 5.94. The number of carbonyl (C=O) groups excluding carboxylic acids is 1. The highest BCUT2D eigenvalue weighted by Crippen LogP contribution is 2.30. The maximum absolute atomic E-state index is 11.7. The van der Waals surface area contributed by atoms with Gasteiger partial charge in [-0.25, -0.2) is 0 Å². The topological polar surface area (TPSA) is 41.1 Å². The minimum atomic E-state index is 0.153. The second-order valence-corrected chi connectivity index (χ2v) is 5.50. The van der Waals surface area contributed by atoms with Gasteiger partial charge in [0.25, 0.3) is 0 Å². The summed E-state index contributed by atoms with van der Waals surface area (Å²) in [7, 11) is 0. The predicted octanol–water partition coefficient (Wildman–Crippen LogP) is 3.69. The maximum Gasteiger partial charge on any atom is 0.227 e. The number of anilines is 2. The summed E-state index contributed by atoms with van der Waals surface area (Å²) in [5.41, 5.74) is 3.29. The van der Waals surface area contributed by atoms with Gasteiger partial charge in [-0.1, -0.05) is 30.3 Å². The first kappa shape index (κ1) is 13.7. The largest absolute Gasteiger partial charge is 0.385 e. The molecule has 0 spiro atoms. The Balaban J connectivity index is 1.46. The Bertz CT molecular complexity index is 588. The Morgan fingerprint density at radius 1 is 0.952 bits per heavy atom. The molecule has 0 aromatic heterocycles. The monoisotopic (exact) mass is 280 g/mol. The molecule has 1 aliphatic carbocycles. The highest BCUT2D eigenvalue weighted by Gasteiger charge is 2.29. The van der Waals surface area contributed by atoms with Gasteiger partial charge in [0.1, 0.15) is 0 Å². The number of carbonyl (C=O) groups is 1. The first-order chi connectivity index (χ1) is 10.3. The van der Waals surface area contributed by atoms with Crippen molar-refractivity contribution in [1.29, 1.82) is 0 Å². The summed E-state index contributed by atoms with van der Waals surface area (Å²) in [5.74, 6) is 0.397. The van der Waals surface area contributed by atoms with Crippen molar-refractivity contribution < 1.29 is 4.79 Å². The molecule has 1 amide bonds. The van der Waals surface area contributed by atoms with E-state index in [4.69, 9.17) is 0 Å². The second kappa shape index (κ2) is 6.44. The number of nitrogens with one attached hydrogen (secondary N) is 2. The van der Waals surface area contributed by atoms with Crippen molar-refractivity contribution in [2.45, 2.75) is 19.3 Å². The lowest BCUT2D eigenvalue weighted by atomic mass is 10.1. The molecule has 0 bridgehead atoms. The first-order valence-corrected chi connectivity index (χ1v) is 7.50. The summed E-state index contributed by atoms with van der Waals surface area (Å²) in [6.07, 6.45) is 3.07. The molecule has 0 atom stereocenters. The zero-order chi connectivity index (χ0) is 14.5. The van der Waals surface area contributed by atoms with Crippen molar-refractivity contribution >= 4 is 17.3 Å². The number of hydrogen-bond acceptors (Lipinski definition) is 2. The molecular formula is C18H20N2O. The smallest absolute Gasteiger partial charge is 0.227 e. The van der Waals surface area contributed by atoms with Crippen LogP contribution in [0.15, 0.2) is 54.6 Å². The van der Waals surface area contributed by atoms with Gasteiger partial charge in [-0.15, -0.1) is 0 Å². The van der Waals surface area contributed by atoms with Crippen LogP contribution in [0, 0.1) is 5.92 Å². The van der Waals surface area contributed by atoms with Crippen LogP contribution in [-0.2, 0) is 11.2 Å². The van der Waals surface area contributed by atoms with E-state index in [2.05, 4.69) is 34.9 Å². The van der Waals surface area contributed by atoms with Crippen molar-refractivity contribution in [2.24, 2.45) is 5.92 Å². The van der Waals surface area contributed by atoms with Crippen molar-refractivity contribution in [3.63, 3.8) is 0 Å². The summed E-state index contributed by atoms with van der Waals surface area (Å²) >= 11 is 0. The van der Waals surface area contributed by atoms with Crippen LogP contribution in [0.5, 0.6) is 0 Å². The Kier molecular flexibility index (Phi) is 4.20. The average molecular weight is 280 g/mol. The number of hydrogen-bond donors (Lipinski definition) is 2. The van der Waals surface area contributed by atoms with Crippen molar-refractivity contribution in [2.75, 3.05) is 17.2 Å². The van der Waals surface area contributed by atoms with E-state index in [1.54, 1.807) is 0 Å². The van der Waals surface area contributed by atoms with E-state index in [0.29, 0.717) is 0 Å². The van der Waals surface area contributed by atoms with E-state index in [9.17, 15) is 4.79 Å². The van der Waals surface area contributed by atoms with Crippen molar-refractivity contribution in [3.05, 3.63) is 60.2 Å². The van der Waals surface area contributed by atoms with Crippen LogP contribution in [0.3, 0.4) is 0 Å². The standard InChI is InChI=1S/C18H20N2O/c21-18(15-6-7-15)20-17-10-8-16(9-11-17)19-13-12-14-4-2-1-3-5-14/h1-5,8-11,15,19H,6-7,12-13H2,(H,20,21). The molecule has 3 nitrogen and oxygen atoms in total. The van der Waals surface area contributed by atoms with E-state index < -0.39 is 0 Å². The summed E-state index contributed by atoms with van der Waals surface area (Å²) in [4.78, 5) is 11.7. The summed E-state index contributed by atoms with van der Waals surface area (Å²) in [6, 6.07) is 18.3. The number of amides is 1. The molecule has 3 heteroatoms. The molecule has 1 saturated carbocycles. The summed E-state index contributed by atoms with van der Waals surface area (Å²) in [5, 5.41) is 6.34. The third-order valence-corrected chi connectivity index (χ3v) is 3.69. The van der Waals surface area contributed by atoms with E-state index in [1.807, 2.05) is 30.3 Å². The fourth-order valence-electron chi connectivity index (χ4n) is 2.26. The van der Waals surface area contributed by atoms with Crippen molar-refractivity contribution in [3.8, 4) is 0 Å². The Morgan fingerprint density at radius 3 is 2.29 bits per heavy atom. The van der Waals surface area contributed by atoms with Crippen LogP contribution >= 0.6 is 0 Å². The maximum atomic E-state index is 11.7. The molecule has 2 aromatic rings. The Hall–Kier alpha value is -2.29. The Labute approximate surface area is 125 Å². The molecular weight excluding hydrogens is 260 g/mol. The van der Waals surface area contributed by atoms with Gasteiger partial charge in [0.2, 0.25) is 5.91 Å². The lowest BCUT2D eigenvalue weighted by molar-refractivity contribution is -0.117. The third-order valence-electron chi connectivity index (χ3n) is 3.69.